The molecule has 16 heavy (non-hydrogen) atoms. The number of amides is 1. The van der Waals surface area contributed by atoms with Crippen molar-refractivity contribution in [2.45, 2.75) is 6.42 Å². The Hall–Kier alpha value is -1.89. The first-order chi connectivity index (χ1) is 7.67. The molecule has 0 aliphatic carbocycles. The summed E-state index contributed by atoms with van der Waals surface area (Å²) in [6, 6.07) is 0. The van der Waals surface area contributed by atoms with E-state index < -0.39 is 0 Å². The van der Waals surface area contributed by atoms with Gasteiger partial charge in [-0.25, -0.2) is 10.8 Å². The van der Waals surface area contributed by atoms with Crippen molar-refractivity contribution in [1.29, 1.82) is 0 Å². The number of anilines is 2. The molecule has 7 heteroatoms. The second-order valence-corrected chi connectivity index (χ2v) is 3.25. The monoisotopic (exact) mass is 224 g/mol. The lowest BCUT2D eigenvalue weighted by molar-refractivity contribution is -0.120. The Labute approximate surface area is 94.0 Å². The summed E-state index contributed by atoms with van der Waals surface area (Å²) in [5.41, 5.74) is 2.42. The summed E-state index contributed by atoms with van der Waals surface area (Å²) in [4.78, 5) is 21.1. The summed E-state index contributed by atoms with van der Waals surface area (Å²) in [5.74, 6) is 6.38. The minimum absolute atomic E-state index is 0.00656. The van der Waals surface area contributed by atoms with Gasteiger partial charge in [-0.05, 0) is 0 Å². The first kappa shape index (κ1) is 12.2. The fourth-order valence-electron chi connectivity index (χ4n) is 1.12. The molecule has 0 unspecified atom stereocenters. The van der Waals surface area contributed by atoms with Crippen LogP contribution in [0, 0.1) is 0 Å². The molecule has 4 N–H and O–H groups in total. The van der Waals surface area contributed by atoms with E-state index in [2.05, 4.69) is 20.7 Å². The van der Waals surface area contributed by atoms with Gasteiger partial charge in [0.2, 0.25) is 5.91 Å². The third-order valence-electron chi connectivity index (χ3n) is 2.11. The molecule has 0 aliphatic rings. The number of aromatic nitrogens is 2. The van der Waals surface area contributed by atoms with Gasteiger partial charge in [0.15, 0.2) is 5.82 Å². The predicted molar refractivity (Wildman–Crippen MR) is 61.8 cm³/mol. The number of nitrogens with two attached hydrogens (primary N) is 1. The number of carbonyl (C=O) groups is 1. The normalized spacial score (nSPS) is 9.69. The lowest BCUT2D eigenvalue weighted by Gasteiger charge is -2.17. The molecule has 0 aromatic carbocycles. The van der Waals surface area contributed by atoms with Gasteiger partial charge >= 0.3 is 0 Å². The molecule has 0 aliphatic heterocycles. The van der Waals surface area contributed by atoms with Gasteiger partial charge in [0, 0.05) is 27.1 Å². The maximum Gasteiger partial charge on any atom is 0.221 e. The largest absolute Gasteiger partial charge is 0.359 e. The van der Waals surface area contributed by atoms with Crippen LogP contribution in [-0.4, -0.2) is 36.5 Å². The van der Waals surface area contributed by atoms with E-state index in [4.69, 9.17) is 5.84 Å². The van der Waals surface area contributed by atoms with Crippen LogP contribution in [0.5, 0.6) is 0 Å². The molecule has 0 spiro atoms. The van der Waals surface area contributed by atoms with Gasteiger partial charge in [0.25, 0.3) is 0 Å². The molecule has 1 rings (SSSR count). The Balaban J connectivity index is 2.58. The van der Waals surface area contributed by atoms with E-state index in [1.165, 1.54) is 6.20 Å². The molecular formula is C9H16N6O. The molecule has 1 amide bonds. The summed E-state index contributed by atoms with van der Waals surface area (Å²) in [6.07, 6.45) is 3.55. The van der Waals surface area contributed by atoms with Gasteiger partial charge in [0.05, 0.1) is 12.4 Å². The maximum atomic E-state index is 11.1. The van der Waals surface area contributed by atoms with Gasteiger partial charge < -0.3 is 15.6 Å². The van der Waals surface area contributed by atoms with Crippen molar-refractivity contribution in [1.82, 2.24) is 15.3 Å². The summed E-state index contributed by atoms with van der Waals surface area (Å²) < 4.78 is 0. The average molecular weight is 224 g/mol. The molecule has 0 bridgehead atoms. The standard InChI is InChI=1S/C9H16N6O/c1-11-9(16)3-4-15(2)8-6-12-5-7(13-8)14-10/h5-6H,3-4,10H2,1-2H3,(H,11,16)(H,13,14). The van der Waals surface area contributed by atoms with Crippen molar-refractivity contribution in [2.75, 3.05) is 31.0 Å². The number of carbonyl (C=O) groups excluding carboxylic acids is 1. The number of rotatable bonds is 5. The number of hydrazine groups is 1. The lowest BCUT2D eigenvalue weighted by atomic mass is 10.3. The van der Waals surface area contributed by atoms with Gasteiger partial charge in [0.1, 0.15) is 5.82 Å². The fraction of sp³-hybridized carbons (Fsp3) is 0.444. The molecule has 0 saturated heterocycles. The summed E-state index contributed by atoms with van der Waals surface area (Å²) in [6.45, 7) is 0.572. The van der Waals surface area contributed by atoms with Crippen LogP contribution in [0.3, 0.4) is 0 Å². The first-order valence-corrected chi connectivity index (χ1v) is 4.87. The number of nitrogens with one attached hydrogen (secondary N) is 2. The van der Waals surface area contributed by atoms with E-state index in [-0.39, 0.29) is 5.91 Å². The highest BCUT2D eigenvalue weighted by Crippen LogP contribution is 2.09. The molecule has 1 heterocycles. The van der Waals surface area contributed by atoms with Crippen molar-refractivity contribution in [2.24, 2.45) is 5.84 Å². The van der Waals surface area contributed by atoms with Crippen LogP contribution in [-0.2, 0) is 4.79 Å². The highest BCUT2D eigenvalue weighted by molar-refractivity contribution is 5.76. The van der Waals surface area contributed by atoms with Crippen molar-refractivity contribution in [3.63, 3.8) is 0 Å². The predicted octanol–water partition coefficient (Wildman–Crippen LogP) is -0.665. The smallest absolute Gasteiger partial charge is 0.221 e. The number of nitrogens with zero attached hydrogens (tertiary/aromatic N) is 3. The topological polar surface area (TPSA) is 96.2 Å². The van der Waals surface area contributed by atoms with Gasteiger partial charge in [-0.3, -0.25) is 9.78 Å². The average Bonchev–Trinajstić information content (AvgIpc) is 2.35. The molecule has 88 valence electrons. The van der Waals surface area contributed by atoms with E-state index >= 15 is 0 Å². The van der Waals surface area contributed by atoms with Crippen LogP contribution in [0.1, 0.15) is 6.42 Å². The van der Waals surface area contributed by atoms with Crippen molar-refractivity contribution < 1.29 is 4.79 Å². The van der Waals surface area contributed by atoms with E-state index in [9.17, 15) is 4.79 Å². The molecule has 0 radical (unpaired) electrons. The van der Waals surface area contributed by atoms with Crippen LogP contribution >= 0.6 is 0 Å². The minimum Gasteiger partial charge on any atom is -0.359 e. The highest BCUT2D eigenvalue weighted by Gasteiger charge is 2.06. The maximum absolute atomic E-state index is 11.1. The Morgan fingerprint density at radius 2 is 2.31 bits per heavy atom. The number of hydrogen-bond acceptors (Lipinski definition) is 6. The van der Waals surface area contributed by atoms with Gasteiger partial charge in [-0.15, -0.1) is 0 Å². The van der Waals surface area contributed by atoms with Crippen LogP contribution in [0.4, 0.5) is 11.6 Å². The zero-order valence-electron chi connectivity index (χ0n) is 9.40. The van der Waals surface area contributed by atoms with Crippen LogP contribution in [0.15, 0.2) is 12.4 Å². The van der Waals surface area contributed by atoms with Crippen molar-refractivity contribution in [3.05, 3.63) is 12.4 Å². The summed E-state index contributed by atoms with van der Waals surface area (Å²) >= 11 is 0. The van der Waals surface area contributed by atoms with E-state index in [1.807, 2.05) is 11.9 Å². The zero-order chi connectivity index (χ0) is 12.0. The Bertz CT molecular complexity index is 356. The third-order valence-corrected chi connectivity index (χ3v) is 2.11. The number of hydrogen-bond donors (Lipinski definition) is 3. The number of nitrogen functional groups attached to an aromatic ring is 1. The molecule has 0 saturated carbocycles. The van der Waals surface area contributed by atoms with E-state index in [0.717, 1.165) is 0 Å². The molecular weight excluding hydrogens is 208 g/mol. The van der Waals surface area contributed by atoms with Gasteiger partial charge in [-0.1, -0.05) is 0 Å². The molecule has 0 fully saturated rings. The van der Waals surface area contributed by atoms with Crippen LogP contribution in [0.2, 0.25) is 0 Å². The van der Waals surface area contributed by atoms with E-state index in [1.54, 1.807) is 13.2 Å². The second-order valence-electron chi connectivity index (χ2n) is 3.25. The van der Waals surface area contributed by atoms with Crippen LogP contribution in [0.25, 0.3) is 0 Å². The molecule has 0 atom stereocenters. The first-order valence-electron chi connectivity index (χ1n) is 4.87. The third kappa shape index (κ3) is 3.35. The summed E-state index contributed by atoms with van der Waals surface area (Å²) in [7, 11) is 3.45. The molecule has 1 aromatic rings. The summed E-state index contributed by atoms with van der Waals surface area (Å²) in [5, 5.41) is 2.56. The Morgan fingerprint density at radius 1 is 1.56 bits per heavy atom. The van der Waals surface area contributed by atoms with Crippen LogP contribution < -0.4 is 21.5 Å². The lowest BCUT2D eigenvalue weighted by Crippen LogP contribution is -2.27. The Morgan fingerprint density at radius 3 is 2.94 bits per heavy atom. The van der Waals surface area contributed by atoms with E-state index in [0.29, 0.717) is 24.6 Å². The minimum atomic E-state index is -0.00656. The second kappa shape index (κ2) is 5.86. The zero-order valence-corrected chi connectivity index (χ0v) is 9.40. The van der Waals surface area contributed by atoms with Gasteiger partial charge in [-0.2, -0.15) is 0 Å². The Kier molecular flexibility index (Phi) is 4.46. The molecule has 1 aromatic heterocycles. The SMILES string of the molecule is CNC(=O)CCN(C)c1cncc(NN)n1. The van der Waals surface area contributed by atoms with Crippen molar-refractivity contribution >= 4 is 17.5 Å². The van der Waals surface area contributed by atoms with Crippen molar-refractivity contribution in [3.8, 4) is 0 Å². The fourth-order valence-corrected chi connectivity index (χ4v) is 1.12. The highest BCUT2D eigenvalue weighted by atomic mass is 16.1. The molecule has 7 nitrogen and oxygen atoms in total. The quantitative estimate of drug-likeness (QED) is 0.453.